The number of halogens is 1. The van der Waals surface area contributed by atoms with Crippen molar-refractivity contribution in [1.29, 1.82) is 0 Å². The topological polar surface area (TPSA) is 39.2 Å². The third-order valence-electron chi connectivity index (χ3n) is 3.14. The fourth-order valence-electron chi connectivity index (χ4n) is 2.04. The average molecular weight is 304 g/mol. The van der Waals surface area contributed by atoms with Crippen molar-refractivity contribution in [3.05, 3.63) is 54.2 Å². The lowest BCUT2D eigenvalue weighted by Gasteiger charge is -2.10. The van der Waals surface area contributed by atoms with Gasteiger partial charge in [0.15, 0.2) is 0 Å². The van der Waals surface area contributed by atoms with Crippen LogP contribution in [0.4, 0.5) is 0 Å². The van der Waals surface area contributed by atoms with Gasteiger partial charge in [0.2, 0.25) is 0 Å². The van der Waals surface area contributed by atoms with Gasteiger partial charge in [0.1, 0.15) is 0 Å². The van der Waals surface area contributed by atoms with Gasteiger partial charge in [-0.2, -0.15) is 0 Å². The van der Waals surface area contributed by atoms with Gasteiger partial charge in [-0.1, -0.05) is 30.3 Å². The first kappa shape index (κ1) is 15.5. The van der Waals surface area contributed by atoms with Crippen LogP contribution in [0.15, 0.2) is 48.7 Å². The first-order valence-electron chi connectivity index (χ1n) is 7.01. The first-order valence-corrected chi connectivity index (χ1v) is 7.45. The van der Waals surface area contributed by atoms with E-state index >= 15 is 0 Å². The molecule has 0 aliphatic carbocycles. The molecule has 0 saturated carbocycles. The molecule has 0 spiro atoms. The number of benzene rings is 1. The second-order valence-corrected chi connectivity index (χ2v) is 5.18. The molecule has 1 atom stereocenters. The molecule has 2 rings (SSSR count). The van der Waals surface area contributed by atoms with Crippen molar-refractivity contribution in [2.24, 2.45) is 0 Å². The molecule has 0 aliphatic rings. The molecule has 0 saturated heterocycles. The standard InChI is InChI=1S/C17H18ClNO2/c1-2-21-17(20)11-10-15(18)13-6-8-14(9-7-13)16-5-3-4-12-19-16/h3-9,12,15H,2,10-11H2,1H3. The lowest BCUT2D eigenvalue weighted by Crippen LogP contribution is -2.05. The molecule has 110 valence electrons. The number of carbonyl (C=O) groups excluding carboxylic acids is 1. The van der Waals surface area contributed by atoms with Crippen molar-refractivity contribution in [2.75, 3.05) is 6.61 Å². The van der Waals surface area contributed by atoms with E-state index in [2.05, 4.69) is 4.98 Å². The summed E-state index contributed by atoms with van der Waals surface area (Å²) < 4.78 is 4.90. The van der Waals surface area contributed by atoms with E-state index in [1.807, 2.05) is 42.5 Å². The van der Waals surface area contributed by atoms with E-state index < -0.39 is 0 Å². The minimum Gasteiger partial charge on any atom is -0.466 e. The molecule has 0 aliphatic heterocycles. The monoisotopic (exact) mass is 303 g/mol. The van der Waals surface area contributed by atoms with Gasteiger partial charge in [-0.05, 0) is 31.0 Å². The molecule has 3 nitrogen and oxygen atoms in total. The number of esters is 1. The van der Waals surface area contributed by atoms with Crippen LogP contribution in [0.5, 0.6) is 0 Å². The van der Waals surface area contributed by atoms with Crippen LogP contribution >= 0.6 is 11.6 Å². The predicted octanol–water partition coefficient (Wildman–Crippen LogP) is 4.37. The van der Waals surface area contributed by atoms with Gasteiger partial charge in [-0.15, -0.1) is 11.6 Å². The average Bonchev–Trinajstić information content (AvgIpc) is 2.54. The summed E-state index contributed by atoms with van der Waals surface area (Å²) in [7, 11) is 0. The van der Waals surface area contributed by atoms with Gasteiger partial charge in [0.05, 0.1) is 17.7 Å². The smallest absolute Gasteiger partial charge is 0.305 e. The molecular weight excluding hydrogens is 286 g/mol. The molecule has 1 aromatic heterocycles. The van der Waals surface area contributed by atoms with Crippen molar-refractivity contribution >= 4 is 17.6 Å². The Hall–Kier alpha value is -1.87. The van der Waals surface area contributed by atoms with E-state index in [1.54, 1.807) is 13.1 Å². The molecule has 4 heteroatoms. The highest BCUT2D eigenvalue weighted by Gasteiger charge is 2.11. The van der Waals surface area contributed by atoms with Crippen molar-refractivity contribution in [3.63, 3.8) is 0 Å². The molecule has 1 unspecified atom stereocenters. The van der Waals surface area contributed by atoms with Crippen LogP contribution in [0.3, 0.4) is 0 Å². The fraction of sp³-hybridized carbons (Fsp3) is 0.294. The number of alkyl halides is 1. The number of hydrogen-bond acceptors (Lipinski definition) is 3. The summed E-state index contributed by atoms with van der Waals surface area (Å²) in [5, 5.41) is -0.188. The number of carbonyl (C=O) groups is 1. The van der Waals surface area contributed by atoms with E-state index in [0.717, 1.165) is 16.8 Å². The van der Waals surface area contributed by atoms with E-state index in [-0.39, 0.29) is 11.3 Å². The summed E-state index contributed by atoms with van der Waals surface area (Å²) in [6, 6.07) is 13.8. The molecule has 0 amide bonds. The minimum absolute atomic E-state index is 0.188. The van der Waals surface area contributed by atoms with Gasteiger partial charge >= 0.3 is 5.97 Å². The molecular formula is C17H18ClNO2. The van der Waals surface area contributed by atoms with Gasteiger partial charge in [-0.25, -0.2) is 0 Å². The van der Waals surface area contributed by atoms with E-state index in [9.17, 15) is 4.79 Å². The predicted molar refractivity (Wildman–Crippen MR) is 84.1 cm³/mol. The van der Waals surface area contributed by atoms with Crippen LogP contribution in [0.2, 0.25) is 0 Å². The Bertz CT molecular complexity index is 569. The summed E-state index contributed by atoms with van der Waals surface area (Å²) in [4.78, 5) is 15.6. The normalized spacial score (nSPS) is 11.9. The van der Waals surface area contributed by atoms with Crippen molar-refractivity contribution in [2.45, 2.75) is 25.1 Å². The molecule has 0 radical (unpaired) electrons. The number of ether oxygens (including phenoxy) is 1. The highest BCUT2D eigenvalue weighted by molar-refractivity contribution is 6.20. The Balaban J connectivity index is 1.97. The maximum Gasteiger partial charge on any atom is 0.305 e. The summed E-state index contributed by atoms with van der Waals surface area (Å²) in [5.41, 5.74) is 2.98. The van der Waals surface area contributed by atoms with Crippen molar-refractivity contribution in [1.82, 2.24) is 4.98 Å². The highest BCUT2D eigenvalue weighted by atomic mass is 35.5. The zero-order valence-corrected chi connectivity index (χ0v) is 12.7. The summed E-state index contributed by atoms with van der Waals surface area (Å²) in [5.74, 6) is -0.201. The van der Waals surface area contributed by atoms with Crippen LogP contribution < -0.4 is 0 Å². The van der Waals surface area contributed by atoms with E-state index in [1.165, 1.54) is 0 Å². The van der Waals surface area contributed by atoms with E-state index in [4.69, 9.17) is 16.3 Å². The van der Waals surface area contributed by atoms with Crippen LogP contribution in [-0.2, 0) is 9.53 Å². The Kier molecular flexibility index (Phi) is 5.76. The van der Waals surface area contributed by atoms with Crippen LogP contribution in [0.1, 0.15) is 30.7 Å². The Morgan fingerprint density at radius 3 is 2.62 bits per heavy atom. The third-order valence-corrected chi connectivity index (χ3v) is 3.61. The SMILES string of the molecule is CCOC(=O)CCC(Cl)c1ccc(-c2ccccn2)cc1. The van der Waals surface area contributed by atoms with Crippen LogP contribution in [-0.4, -0.2) is 17.6 Å². The highest BCUT2D eigenvalue weighted by Crippen LogP contribution is 2.27. The Morgan fingerprint density at radius 1 is 1.24 bits per heavy atom. The number of rotatable bonds is 6. The summed E-state index contributed by atoms with van der Waals surface area (Å²) in [6.45, 7) is 2.21. The van der Waals surface area contributed by atoms with Crippen molar-refractivity contribution < 1.29 is 9.53 Å². The van der Waals surface area contributed by atoms with Crippen LogP contribution in [0, 0.1) is 0 Å². The van der Waals surface area contributed by atoms with Gasteiger partial charge in [0, 0.05) is 18.2 Å². The maximum atomic E-state index is 11.3. The number of aromatic nitrogens is 1. The maximum absolute atomic E-state index is 11.3. The van der Waals surface area contributed by atoms with Crippen molar-refractivity contribution in [3.8, 4) is 11.3 Å². The Labute approximate surface area is 129 Å². The number of pyridine rings is 1. The second kappa shape index (κ2) is 7.79. The Morgan fingerprint density at radius 2 is 2.00 bits per heavy atom. The van der Waals surface area contributed by atoms with Gasteiger partial charge < -0.3 is 4.74 Å². The number of hydrogen-bond donors (Lipinski definition) is 0. The minimum atomic E-state index is -0.201. The van der Waals surface area contributed by atoms with Gasteiger partial charge in [-0.3, -0.25) is 9.78 Å². The molecule has 1 heterocycles. The lowest BCUT2D eigenvalue weighted by molar-refractivity contribution is -0.143. The second-order valence-electron chi connectivity index (χ2n) is 4.65. The molecule has 0 fully saturated rings. The first-order chi connectivity index (χ1) is 10.2. The number of nitrogens with zero attached hydrogens (tertiary/aromatic N) is 1. The largest absolute Gasteiger partial charge is 0.466 e. The summed E-state index contributed by atoms with van der Waals surface area (Å²) >= 11 is 6.33. The quantitative estimate of drug-likeness (QED) is 0.587. The molecule has 0 N–H and O–H groups in total. The van der Waals surface area contributed by atoms with E-state index in [0.29, 0.717) is 19.4 Å². The third kappa shape index (κ3) is 4.57. The summed E-state index contributed by atoms with van der Waals surface area (Å²) in [6.07, 6.45) is 2.68. The van der Waals surface area contributed by atoms with Crippen LogP contribution in [0.25, 0.3) is 11.3 Å². The fourth-order valence-corrected chi connectivity index (χ4v) is 2.30. The molecule has 0 bridgehead atoms. The molecule has 21 heavy (non-hydrogen) atoms. The lowest BCUT2D eigenvalue weighted by atomic mass is 10.0. The molecule has 1 aromatic carbocycles. The molecule has 2 aromatic rings. The zero-order valence-electron chi connectivity index (χ0n) is 12.0. The zero-order chi connectivity index (χ0) is 15.1. The van der Waals surface area contributed by atoms with Gasteiger partial charge in [0.25, 0.3) is 0 Å².